The Morgan fingerprint density at radius 2 is 2.19 bits per heavy atom. The van der Waals surface area contributed by atoms with Crippen molar-refractivity contribution < 1.29 is 0 Å². The largest absolute Gasteiger partial charge is 0.311 e. The first-order valence-electron chi connectivity index (χ1n) is 7.67. The molecule has 0 amide bonds. The summed E-state index contributed by atoms with van der Waals surface area (Å²) in [4.78, 5) is 1.44. The summed E-state index contributed by atoms with van der Waals surface area (Å²) in [5.41, 5.74) is 2.77. The normalized spacial score (nSPS) is 17.4. The number of hydrogen-bond donors (Lipinski definition) is 1. The van der Waals surface area contributed by atoms with E-state index in [1.165, 1.54) is 16.2 Å². The topological polar surface area (TPSA) is 29.9 Å². The van der Waals surface area contributed by atoms with Crippen molar-refractivity contribution in [2.24, 2.45) is 5.92 Å². The fourth-order valence-corrected chi connectivity index (χ4v) is 3.99. The highest BCUT2D eigenvalue weighted by molar-refractivity contribution is 7.99. The molecule has 0 fully saturated rings. The van der Waals surface area contributed by atoms with Crippen molar-refractivity contribution in [1.82, 2.24) is 15.1 Å². The van der Waals surface area contributed by atoms with Gasteiger partial charge in [0.05, 0.1) is 5.69 Å². The minimum absolute atomic E-state index is 0.579. The van der Waals surface area contributed by atoms with E-state index in [0.717, 1.165) is 25.4 Å². The van der Waals surface area contributed by atoms with Crippen LogP contribution in [0, 0.1) is 5.92 Å². The number of thioether (sulfide) groups is 1. The molecule has 2 aromatic rings. The molecule has 1 aromatic carbocycles. The number of fused-ring (bicyclic) bond motifs is 1. The molecule has 1 aromatic heterocycles. The van der Waals surface area contributed by atoms with Crippen LogP contribution in [0.2, 0.25) is 0 Å². The fraction of sp³-hybridized carbons (Fsp3) is 0.471. The maximum atomic E-state index is 4.52. The van der Waals surface area contributed by atoms with Gasteiger partial charge in [-0.15, -0.1) is 11.8 Å². The maximum Gasteiger partial charge on any atom is 0.0522 e. The van der Waals surface area contributed by atoms with Crippen LogP contribution in [0.3, 0.4) is 0 Å². The Balaban J connectivity index is 1.65. The Morgan fingerprint density at radius 3 is 3.05 bits per heavy atom. The second-order valence-corrected chi connectivity index (χ2v) is 7.14. The van der Waals surface area contributed by atoms with Gasteiger partial charge in [-0.05, 0) is 30.2 Å². The van der Waals surface area contributed by atoms with E-state index in [1.807, 2.05) is 18.0 Å². The van der Waals surface area contributed by atoms with Crippen LogP contribution in [-0.2, 0) is 13.1 Å². The molecule has 0 saturated heterocycles. The van der Waals surface area contributed by atoms with Gasteiger partial charge in [0.25, 0.3) is 0 Å². The average molecular weight is 301 g/mol. The summed E-state index contributed by atoms with van der Waals surface area (Å²) in [6.45, 7) is 7.40. The lowest BCUT2D eigenvalue weighted by atomic mass is 10.0. The molecule has 112 valence electrons. The third-order valence-electron chi connectivity index (χ3n) is 3.86. The zero-order valence-electron chi connectivity index (χ0n) is 12.7. The van der Waals surface area contributed by atoms with Gasteiger partial charge < -0.3 is 5.32 Å². The summed E-state index contributed by atoms with van der Waals surface area (Å²) in [6.07, 6.45) is 1.92. The number of hydrogen-bond acceptors (Lipinski definition) is 3. The second-order valence-electron chi connectivity index (χ2n) is 6.08. The van der Waals surface area contributed by atoms with Crippen molar-refractivity contribution in [3.8, 4) is 0 Å². The van der Waals surface area contributed by atoms with Crippen LogP contribution in [0.1, 0.15) is 31.0 Å². The first-order valence-corrected chi connectivity index (χ1v) is 8.65. The summed E-state index contributed by atoms with van der Waals surface area (Å²) in [5, 5.41) is 8.02. The quantitative estimate of drug-likeness (QED) is 0.885. The molecule has 0 radical (unpaired) electrons. The van der Waals surface area contributed by atoms with Crippen molar-refractivity contribution in [2.75, 3.05) is 12.3 Å². The van der Waals surface area contributed by atoms with Gasteiger partial charge in [0.1, 0.15) is 0 Å². The zero-order chi connectivity index (χ0) is 14.7. The molecule has 0 saturated carbocycles. The molecule has 1 aliphatic heterocycles. The van der Waals surface area contributed by atoms with Gasteiger partial charge in [0.15, 0.2) is 0 Å². The van der Waals surface area contributed by atoms with E-state index in [4.69, 9.17) is 0 Å². The van der Waals surface area contributed by atoms with Crippen molar-refractivity contribution in [2.45, 2.75) is 37.8 Å². The average Bonchev–Trinajstić information content (AvgIpc) is 3.07. The SMILES string of the molecule is CC(C)CNCc1ccnn1CC1CSc2ccccc21. The summed E-state index contributed by atoms with van der Waals surface area (Å²) < 4.78 is 2.17. The number of benzene rings is 1. The Labute approximate surface area is 131 Å². The van der Waals surface area contributed by atoms with Gasteiger partial charge in [0, 0.05) is 35.9 Å². The van der Waals surface area contributed by atoms with Crippen LogP contribution in [0.5, 0.6) is 0 Å². The number of nitrogens with zero attached hydrogens (tertiary/aromatic N) is 2. The molecule has 0 spiro atoms. The Hall–Kier alpha value is -1.26. The van der Waals surface area contributed by atoms with Crippen LogP contribution in [0.15, 0.2) is 41.4 Å². The fourth-order valence-electron chi connectivity index (χ4n) is 2.75. The van der Waals surface area contributed by atoms with Crippen LogP contribution < -0.4 is 5.32 Å². The molecule has 1 aliphatic rings. The van der Waals surface area contributed by atoms with Gasteiger partial charge in [-0.25, -0.2) is 0 Å². The van der Waals surface area contributed by atoms with E-state index in [2.05, 4.69) is 59.3 Å². The molecule has 4 heteroatoms. The summed E-state index contributed by atoms with van der Waals surface area (Å²) in [6, 6.07) is 10.9. The van der Waals surface area contributed by atoms with E-state index in [9.17, 15) is 0 Å². The van der Waals surface area contributed by atoms with E-state index in [0.29, 0.717) is 11.8 Å². The standard InChI is InChI=1S/C17H23N3S/c1-13(2)9-18-10-15-7-8-19-20(15)11-14-12-21-17-6-4-3-5-16(14)17/h3-8,13-14,18H,9-12H2,1-2H3. The van der Waals surface area contributed by atoms with E-state index in [1.54, 1.807) is 0 Å². The van der Waals surface area contributed by atoms with Gasteiger partial charge in [-0.2, -0.15) is 5.10 Å². The monoisotopic (exact) mass is 301 g/mol. The molecule has 3 rings (SSSR count). The highest BCUT2D eigenvalue weighted by Crippen LogP contribution is 2.40. The molecule has 2 heterocycles. The molecular formula is C17H23N3S. The van der Waals surface area contributed by atoms with Gasteiger partial charge in [-0.3, -0.25) is 4.68 Å². The summed E-state index contributed by atoms with van der Waals surface area (Å²) >= 11 is 1.97. The van der Waals surface area contributed by atoms with Crippen LogP contribution >= 0.6 is 11.8 Å². The third-order valence-corrected chi connectivity index (χ3v) is 5.11. The zero-order valence-corrected chi connectivity index (χ0v) is 13.6. The Morgan fingerprint density at radius 1 is 1.33 bits per heavy atom. The number of rotatable bonds is 6. The molecule has 1 unspecified atom stereocenters. The Bertz CT molecular complexity index is 591. The third kappa shape index (κ3) is 3.50. The van der Waals surface area contributed by atoms with E-state index in [-0.39, 0.29) is 0 Å². The van der Waals surface area contributed by atoms with Crippen molar-refractivity contribution in [1.29, 1.82) is 0 Å². The number of aromatic nitrogens is 2. The molecule has 1 N–H and O–H groups in total. The molecule has 21 heavy (non-hydrogen) atoms. The van der Waals surface area contributed by atoms with Crippen LogP contribution in [-0.4, -0.2) is 22.1 Å². The smallest absolute Gasteiger partial charge is 0.0522 e. The van der Waals surface area contributed by atoms with Crippen molar-refractivity contribution in [3.05, 3.63) is 47.8 Å². The Kier molecular flexibility index (Phi) is 4.66. The van der Waals surface area contributed by atoms with E-state index < -0.39 is 0 Å². The molecule has 1 atom stereocenters. The van der Waals surface area contributed by atoms with Crippen molar-refractivity contribution in [3.63, 3.8) is 0 Å². The minimum Gasteiger partial charge on any atom is -0.311 e. The van der Waals surface area contributed by atoms with Gasteiger partial charge >= 0.3 is 0 Å². The molecule has 0 aliphatic carbocycles. The molecule has 0 bridgehead atoms. The first kappa shape index (κ1) is 14.7. The molecular weight excluding hydrogens is 278 g/mol. The summed E-state index contributed by atoms with van der Waals surface area (Å²) in [7, 11) is 0. The van der Waals surface area contributed by atoms with Crippen LogP contribution in [0.25, 0.3) is 0 Å². The maximum absolute atomic E-state index is 4.52. The summed E-state index contributed by atoms with van der Waals surface area (Å²) in [5.74, 6) is 2.42. The number of nitrogens with one attached hydrogen (secondary N) is 1. The lowest BCUT2D eigenvalue weighted by Crippen LogP contribution is -2.22. The lowest BCUT2D eigenvalue weighted by molar-refractivity contribution is 0.495. The minimum atomic E-state index is 0.579. The highest BCUT2D eigenvalue weighted by Gasteiger charge is 2.23. The van der Waals surface area contributed by atoms with Gasteiger partial charge in [-0.1, -0.05) is 32.0 Å². The predicted octanol–water partition coefficient (Wildman–Crippen LogP) is 3.52. The van der Waals surface area contributed by atoms with Crippen molar-refractivity contribution >= 4 is 11.8 Å². The molecule has 3 nitrogen and oxygen atoms in total. The van der Waals surface area contributed by atoms with Gasteiger partial charge in [0.2, 0.25) is 0 Å². The van der Waals surface area contributed by atoms with E-state index >= 15 is 0 Å². The predicted molar refractivity (Wildman–Crippen MR) is 88.7 cm³/mol. The lowest BCUT2D eigenvalue weighted by Gasteiger charge is -2.14. The second kappa shape index (κ2) is 6.67. The highest BCUT2D eigenvalue weighted by atomic mass is 32.2. The van der Waals surface area contributed by atoms with Crippen LogP contribution in [0.4, 0.5) is 0 Å². The first-order chi connectivity index (χ1) is 10.2.